The molecule has 2 unspecified atom stereocenters. The molecule has 0 aliphatic heterocycles. The molecule has 1 rings (SSSR count). The highest BCUT2D eigenvalue weighted by atomic mass is 16.7. The molecular weight excluding hydrogens is 382 g/mol. The van der Waals surface area contributed by atoms with Gasteiger partial charge in [0.15, 0.2) is 6.23 Å². The molecule has 0 bridgehead atoms. The summed E-state index contributed by atoms with van der Waals surface area (Å²) in [5, 5.41) is 0. The third-order valence-electron chi connectivity index (χ3n) is 3.81. The summed E-state index contributed by atoms with van der Waals surface area (Å²) in [6.45, 7) is 7.36. The third kappa shape index (κ3) is 9.03. The maximum absolute atomic E-state index is 12.1. The van der Waals surface area contributed by atoms with E-state index in [1.807, 2.05) is 13.8 Å². The zero-order chi connectivity index (χ0) is 22.0. The van der Waals surface area contributed by atoms with Crippen molar-refractivity contribution in [2.24, 2.45) is 17.6 Å². The molecule has 0 aliphatic carbocycles. The van der Waals surface area contributed by atoms with Gasteiger partial charge in [-0.25, -0.2) is 9.59 Å². The van der Waals surface area contributed by atoms with Crippen molar-refractivity contribution in [2.75, 3.05) is 25.5 Å². The normalized spacial score (nSPS) is 13.3. The van der Waals surface area contributed by atoms with Gasteiger partial charge in [0.2, 0.25) is 0 Å². The number of nitrogen functional groups attached to an aromatic ring is 1. The molecule has 0 saturated carbocycles. The highest BCUT2D eigenvalue weighted by Crippen LogP contribution is 2.07. The molecule has 2 atom stereocenters. The lowest BCUT2D eigenvalue weighted by Crippen LogP contribution is -2.42. The average molecular weight is 413 g/mol. The molecule has 0 saturated heterocycles. The van der Waals surface area contributed by atoms with E-state index in [0.717, 1.165) is 0 Å². The highest BCUT2D eigenvalue weighted by molar-refractivity contribution is 5.75. The Kier molecular flexibility index (Phi) is 10.3. The number of hydroxylamine groups is 1. The Bertz CT molecular complexity index is 721. The first-order chi connectivity index (χ1) is 13.6. The molecular formula is C18H31N5O6. The lowest BCUT2D eigenvalue weighted by molar-refractivity contribution is -0.157. The van der Waals surface area contributed by atoms with Gasteiger partial charge in [-0.1, -0.05) is 27.7 Å². The molecule has 0 amide bonds. The lowest BCUT2D eigenvalue weighted by atomic mass is 10.1. The molecule has 1 heterocycles. The molecule has 11 nitrogen and oxygen atoms in total. The van der Waals surface area contributed by atoms with Crippen LogP contribution in [0.4, 0.5) is 5.82 Å². The van der Waals surface area contributed by atoms with Crippen molar-refractivity contribution in [1.29, 1.82) is 0 Å². The van der Waals surface area contributed by atoms with Gasteiger partial charge in [0.1, 0.15) is 18.5 Å². The van der Waals surface area contributed by atoms with Gasteiger partial charge >= 0.3 is 17.6 Å². The standard InChI is InChI=1S/C18H31N5O6/c1-11(2)9-15(24)28-8-7-27-14(23-6-5-13(19)22-18(23)26)10-21-29-17(25)16(20)12(3)4/h5-6,11-12,14,16,21H,7-10,20H2,1-4H3,(H2,19,22,26). The van der Waals surface area contributed by atoms with Crippen LogP contribution >= 0.6 is 0 Å². The number of carbonyl (C=O) groups is 2. The van der Waals surface area contributed by atoms with Crippen LogP contribution < -0.4 is 22.6 Å². The summed E-state index contributed by atoms with van der Waals surface area (Å²) in [4.78, 5) is 44.1. The average Bonchev–Trinajstić information content (AvgIpc) is 2.62. The van der Waals surface area contributed by atoms with E-state index >= 15 is 0 Å². The van der Waals surface area contributed by atoms with E-state index in [4.69, 9.17) is 25.8 Å². The number of hydrogen-bond acceptors (Lipinski definition) is 10. The number of esters is 1. The lowest BCUT2D eigenvalue weighted by Gasteiger charge is -2.21. The van der Waals surface area contributed by atoms with Crippen molar-refractivity contribution in [1.82, 2.24) is 15.0 Å². The van der Waals surface area contributed by atoms with Crippen molar-refractivity contribution >= 4 is 17.8 Å². The number of nitrogens with one attached hydrogen (secondary N) is 1. The minimum atomic E-state index is -0.887. The van der Waals surface area contributed by atoms with Crippen LogP contribution in [-0.4, -0.2) is 47.3 Å². The van der Waals surface area contributed by atoms with E-state index < -0.39 is 23.9 Å². The summed E-state index contributed by atoms with van der Waals surface area (Å²) in [7, 11) is 0. The van der Waals surface area contributed by atoms with Crippen molar-refractivity contribution < 1.29 is 23.9 Å². The van der Waals surface area contributed by atoms with Gasteiger partial charge in [-0.2, -0.15) is 4.98 Å². The fourth-order valence-electron chi connectivity index (χ4n) is 2.14. The van der Waals surface area contributed by atoms with E-state index in [-0.39, 0.29) is 43.4 Å². The van der Waals surface area contributed by atoms with Crippen LogP contribution in [-0.2, 0) is 23.9 Å². The monoisotopic (exact) mass is 413 g/mol. The molecule has 164 valence electrons. The number of ether oxygens (including phenoxy) is 2. The highest BCUT2D eigenvalue weighted by Gasteiger charge is 2.20. The second-order valence-corrected chi connectivity index (χ2v) is 7.23. The van der Waals surface area contributed by atoms with E-state index in [1.165, 1.54) is 16.8 Å². The van der Waals surface area contributed by atoms with Crippen LogP contribution in [0.15, 0.2) is 17.1 Å². The van der Waals surface area contributed by atoms with Crippen molar-refractivity contribution in [3.8, 4) is 0 Å². The summed E-state index contributed by atoms with van der Waals surface area (Å²) in [5.74, 6) is -0.812. The zero-order valence-corrected chi connectivity index (χ0v) is 17.3. The largest absolute Gasteiger partial charge is 0.463 e. The van der Waals surface area contributed by atoms with E-state index in [9.17, 15) is 14.4 Å². The number of carbonyl (C=O) groups excluding carboxylic acids is 2. The van der Waals surface area contributed by atoms with Gasteiger partial charge in [-0.3, -0.25) is 9.36 Å². The van der Waals surface area contributed by atoms with Crippen LogP contribution in [0.2, 0.25) is 0 Å². The summed E-state index contributed by atoms with van der Waals surface area (Å²) in [5.41, 5.74) is 13.0. The van der Waals surface area contributed by atoms with Gasteiger partial charge in [0.05, 0.1) is 13.2 Å². The van der Waals surface area contributed by atoms with E-state index in [1.54, 1.807) is 13.8 Å². The number of rotatable bonds is 12. The Morgan fingerprint density at radius 3 is 2.52 bits per heavy atom. The molecule has 1 aromatic rings. The summed E-state index contributed by atoms with van der Waals surface area (Å²) < 4.78 is 11.9. The van der Waals surface area contributed by atoms with Crippen molar-refractivity contribution in [3.63, 3.8) is 0 Å². The van der Waals surface area contributed by atoms with Crippen LogP contribution in [0.3, 0.4) is 0 Å². The number of aromatic nitrogens is 2. The minimum absolute atomic E-state index is 0.0111. The van der Waals surface area contributed by atoms with Crippen molar-refractivity contribution in [2.45, 2.75) is 46.4 Å². The Morgan fingerprint density at radius 1 is 1.24 bits per heavy atom. The van der Waals surface area contributed by atoms with Crippen LogP contribution in [0.1, 0.15) is 40.3 Å². The predicted molar refractivity (Wildman–Crippen MR) is 105 cm³/mol. The summed E-state index contributed by atoms with van der Waals surface area (Å²) in [6, 6.07) is 0.643. The SMILES string of the molecule is CC(C)CC(=O)OCCOC(CNOC(=O)C(N)C(C)C)n1ccc(N)nc1=O. The van der Waals surface area contributed by atoms with Crippen LogP contribution in [0, 0.1) is 11.8 Å². The molecule has 0 aromatic carbocycles. The summed E-state index contributed by atoms with van der Waals surface area (Å²) in [6.07, 6.45) is 0.824. The molecule has 11 heteroatoms. The second kappa shape index (κ2) is 12.1. The third-order valence-corrected chi connectivity index (χ3v) is 3.81. The molecule has 0 fully saturated rings. The maximum Gasteiger partial charge on any atom is 0.351 e. The number of nitrogens with two attached hydrogens (primary N) is 2. The van der Waals surface area contributed by atoms with Crippen LogP contribution in [0.5, 0.6) is 0 Å². The first-order valence-corrected chi connectivity index (χ1v) is 9.42. The zero-order valence-electron chi connectivity index (χ0n) is 17.3. The Labute approximate surface area is 169 Å². The smallest absolute Gasteiger partial charge is 0.351 e. The first-order valence-electron chi connectivity index (χ1n) is 9.42. The molecule has 0 radical (unpaired) electrons. The molecule has 1 aromatic heterocycles. The molecule has 0 spiro atoms. The topological polar surface area (TPSA) is 161 Å². The van der Waals surface area contributed by atoms with Crippen LogP contribution in [0.25, 0.3) is 0 Å². The Morgan fingerprint density at radius 2 is 1.93 bits per heavy atom. The second-order valence-electron chi connectivity index (χ2n) is 7.23. The van der Waals surface area contributed by atoms with Gasteiger partial charge in [0.25, 0.3) is 0 Å². The van der Waals surface area contributed by atoms with Gasteiger partial charge < -0.3 is 25.8 Å². The van der Waals surface area contributed by atoms with Gasteiger partial charge in [-0.15, -0.1) is 5.48 Å². The van der Waals surface area contributed by atoms with Crippen molar-refractivity contribution in [3.05, 3.63) is 22.7 Å². The number of hydrogen-bond donors (Lipinski definition) is 3. The molecule has 0 aliphatic rings. The predicted octanol–water partition coefficient (Wildman–Crippen LogP) is -0.0389. The van der Waals surface area contributed by atoms with Gasteiger partial charge in [-0.05, 0) is 17.9 Å². The van der Waals surface area contributed by atoms with E-state index in [2.05, 4.69) is 10.5 Å². The fourth-order valence-corrected chi connectivity index (χ4v) is 2.14. The minimum Gasteiger partial charge on any atom is -0.463 e. The molecule has 29 heavy (non-hydrogen) atoms. The Balaban J connectivity index is 2.66. The Hall–Kier alpha value is -2.50. The quantitative estimate of drug-likeness (QED) is 0.241. The maximum atomic E-state index is 12.1. The first kappa shape index (κ1) is 24.5. The van der Waals surface area contributed by atoms with E-state index in [0.29, 0.717) is 6.42 Å². The molecule has 5 N–H and O–H groups in total. The fraction of sp³-hybridized carbons (Fsp3) is 0.667. The number of nitrogens with zero attached hydrogens (tertiary/aromatic N) is 2. The van der Waals surface area contributed by atoms with Gasteiger partial charge in [0, 0.05) is 12.6 Å². The summed E-state index contributed by atoms with van der Waals surface area (Å²) >= 11 is 0. The number of anilines is 1.